The number of piperazine rings is 1. The molecular formula is C17H17F2N3O2. The van der Waals surface area contributed by atoms with E-state index in [0.717, 1.165) is 6.07 Å². The molecule has 1 fully saturated rings. The number of para-hydroxylation sites is 2. The van der Waals surface area contributed by atoms with Crippen LogP contribution in [0.4, 0.5) is 20.2 Å². The average molecular weight is 333 g/mol. The smallest absolute Gasteiger partial charge is 0.292 e. The van der Waals surface area contributed by atoms with Crippen molar-refractivity contribution in [3.63, 3.8) is 0 Å². The van der Waals surface area contributed by atoms with E-state index in [1.165, 1.54) is 12.1 Å². The summed E-state index contributed by atoms with van der Waals surface area (Å²) in [6.45, 7) is 3.22. The minimum atomic E-state index is -0.847. The number of rotatable bonds is 4. The molecule has 0 unspecified atom stereocenters. The van der Waals surface area contributed by atoms with Crippen LogP contribution in [0.2, 0.25) is 0 Å². The molecule has 0 radical (unpaired) electrons. The van der Waals surface area contributed by atoms with Crippen molar-refractivity contribution in [2.24, 2.45) is 0 Å². The summed E-state index contributed by atoms with van der Waals surface area (Å²) in [6.07, 6.45) is 0. The summed E-state index contributed by atoms with van der Waals surface area (Å²) in [5.74, 6) is -1.69. The van der Waals surface area contributed by atoms with Crippen LogP contribution in [0.5, 0.6) is 0 Å². The maximum absolute atomic E-state index is 13.3. The van der Waals surface area contributed by atoms with E-state index in [0.29, 0.717) is 44.0 Å². The molecule has 7 heteroatoms. The van der Waals surface area contributed by atoms with Crippen molar-refractivity contribution in [1.29, 1.82) is 0 Å². The Kier molecular flexibility index (Phi) is 4.71. The lowest BCUT2D eigenvalue weighted by atomic mass is 10.1. The van der Waals surface area contributed by atoms with Gasteiger partial charge >= 0.3 is 0 Å². The second-order valence-electron chi connectivity index (χ2n) is 5.76. The molecule has 1 aliphatic rings. The van der Waals surface area contributed by atoms with Crippen molar-refractivity contribution in [3.8, 4) is 0 Å². The SMILES string of the molecule is O=[N+]([O-])c1ccccc1N1CCN(Cc2ccc(F)c(F)c2)CC1. The fourth-order valence-corrected chi connectivity index (χ4v) is 2.93. The van der Waals surface area contributed by atoms with Gasteiger partial charge in [-0.1, -0.05) is 18.2 Å². The van der Waals surface area contributed by atoms with Crippen LogP contribution < -0.4 is 4.90 Å². The number of halogens is 2. The summed E-state index contributed by atoms with van der Waals surface area (Å²) in [7, 11) is 0. The van der Waals surface area contributed by atoms with Crippen molar-refractivity contribution in [1.82, 2.24) is 4.90 Å². The molecule has 0 amide bonds. The van der Waals surface area contributed by atoms with E-state index in [2.05, 4.69) is 4.90 Å². The number of nitro groups is 1. The Hall–Kier alpha value is -2.54. The molecule has 126 valence electrons. The third-order valence-corrected chi connectivity index (χ3v) is 4.18. The van der Waals surface area contributed by atoms with Crippen molar-refractivity contribution in [3.05, 3.63) is 69.8 Å². The quantitative estimate of drug-likeness (QED) is 0.637. The number of anilines is 1. The molecule has 24 heavy (non-hydrogen) atoms. The standard InChI is InChI=1S/C17H17F2N3O2/c18-14-6-5-13(11-15(14)19)12-20-7-9-21(10-8-20)16-3-1-2-4-17(16)22(23)24/h1-6,11H,7-10,12H2. The zero-order chi connectivity index (χ0) is 17.1. The van der Waals surface area contributed by atoms with Gasteiger partial charge in [0, 0.05) is 38.8 Å². The minimum absolute atomic E-state index is 0.103. The van der Waals surface area contributed by atoms with Crippen LogP contribution in [0.25, 0.3) is 0 Å². The zero-order valence-electron chi connectivity index (χ0n) is 13.0. The van der Waals surface area contributed by atoms with E-state index in [9.17, 15) is 18.9 Å². The lowest BCUT2D eigenvalue weighted by Crippen LogP contribution is -2.46. The molecule has 0 aromatic heterocycles. The van der Waals surface area contributed by atoms with E-state index in [-0.39, 0.29) is 10.6 Å². The van der Waals surface area contributed by atoms with Crippen LogP contribution in [0.15, 0.2) is 42.5 Å². The molecule has 0 aliphatic carbocycles. The first-order chi connectivity index (χ1) is 11.5. The summed E-state index contributed by atoms with van der Waals surface area (Å²) >= 11 is 0. The highest BCUT2D eigenvalue weighted by atomic mass is 19.2. The van der Waals surface area contributed by atoms with Gasteiger partial charge in [0.05, 0.1) is 4.92 Å². The van der Waals surface area contributed by atoms with Crippen molar-refractivity contribution in [2.75, 3.05) is 31.1 Å². The predicted molar refractivity (Wildman–Crippen MR) is 86.9 cm³/mol. The zero-order valence-corrected chi connectivity index (χ0v) is 13.0. The molecule has 1 saturated heterocycles. The summed E-state index contributed by atoms with van der Waals surface area (Å²) in [4.78, 5) is 14.9. The van der Waals surface area contributed by atoms with E-state index >= 15 is 0 Å². The van der Waals surface area contributed by atoms with Gasteiger partial charge < -0.3 is 4.90 Å². The first kappa shape index (κ1) is 16.3. The van der Waals surface area contributed by atoms with Gasteiger partial charge in [-0.05, 0) is 23.8 Å². The van der Waals surface area contributed by atoms with E-state index in [4.69, 9.17) is 0 Å². The minimum Gasteiger partial charge on any atom is -0.363 e. The maximum Gasteiger partial charge on any atom is 0.292 e. The Morgan fingerprint density at radius 2 is 1.71 bits per heavy atom. The van der Waals surface area contributed by atoms with E-state index < -0.39 is 11.6 Å². The number of benzene rings is 2. The van der Waals surface area contributed by atoms with Gasteiger partial charge in [-0.2, -0.15) is 0 Å². The van der Waals surface area contributed by atoms with Gasteiger partial charge in [-0.15, -0.1) is 0 Å². The molecular weight excluding hydrogens is 316 g/mol. The van der Waals surface area contributed by atoms with Crippen molar-refractivity contribution in [2.45, 2.75) is 6.54 Å². The topological polar surface area (TPSA) is 49.6 Å². The van der Waals surface area contributed by atoms with Gasteiger partial charge in [-0.3, -0.25) is 15.0 Å². The molecule has 0 atom stereocenters. The lowest BCUT2D eigenvalue weighted by molar-refractivity contribution is -0.384. The van der Waals surface area contributed by atoms with Crippen molar-refractivity contribution < 1.29 is 13.7 Å². The normalized spacial score (nSPS) is 15.5. The monoisotopic (exact) mass is 333 g/mol. The van der Waals surface area contributed by atoms with E-state index in [1.54, 1.807) is 24.3 Å². The van der Waals surface area contributed by atoms with Crippen LogP contribution in [-0.2, 0) is 6.54 Å². The molecule has 0 saturated carbocycles. The van der Waals surface area contributed by atoms with Crippen LogP contribution in [0.3, 0.4) is 0 Å². The third kappa shape index (κ3) is 3.51. The fourth-order valence-electron chi connectivity index (χ4n) is 2.93. The van der Waals surface area contributed by atoms with Gasteiger partial charge in [0.15, 0.2) is 11.6 Å². The Morgan fingerprint density at radius 3 is 2.38 bits per heavy atom. The second kappa shape index (κ2) is 6.92. The Morgan fingerprint density at radius 1 is 1.00 bits per heavy atom. The summed E-state index contributed by atoms with van der Waals surface area (Å²) < 4.78 is 26.2. The number of nitrogens with zero attached hydrogens (tertiary/aromatic N) is 3. The predicted octanol–water partition coefficient (Wildman–Crippen LogP) is 3.20. The first-order valence-corrected chi connectivity index (χ1v) is 7.69. The highest BCUT2D eigenvalue weighted by Crippen LogP contribution is 2.28. The van der Waals surface area contributed by atoms with Gasteiger partial charge in [0.25, 0.3) is 5.69 Å². The molecule has 2 aromatic rings. The second-order valence-corrected chi connectivity index (χ2v) is 5.76. The average Bonchev–Trinajstić information content (AvgIpc) is 2.59. The molecule has 3 rings (SSSR count). The summed E-state index contributed by atoms with van der Waals surface area (Å²) in [5.41, 5.74) is 1.44. The lowest BCUT2D eigenvalue weighted by Gasteiger charge is -2.35. The molecule has 0 bridgehead atoms. The molecule has 5 nitrogen and oxygen atoms in total. The largest absolute Gasteiger partial charge is 0.363 e. The number of hydrogen-bond donors (Lipinski definition) is 0. The molecule has 0 N–H and O–H groups in total. The van der Waals surface area contributed by atoms with Gasteiger partial charge in [-0.25, -0.2) is 8.78 Å². The van der Waals surface area contributed by atoms with Crippen LogP contribution in [-0.4, -0.2) is 36.0 Å². The highest BCUT2D eigenvalue weighted by Gasteiger charge is 2.23. The Bertz CT molecular complexity index is 746. The highest BCUT2D eigenvalue weighted by molar-refractivity contribution is 5.63. The van der Waals surface area contributed by atoms with Gasteiger partial charge in [0.2, 0.25) is 0 Å². The van der Waals surface area contributed by atoms with Crippen molar-refractivity contribution >= 4 is 11.4 Å². The maximum atomic E-state index is 13.3. The van der Waals surface area contributed by atoms with E-state index in [1.807, 2.05) is 4.90 Å². The third-order valence-electron chi connectivity index (χ3n) is 4.18. The van der Waals surface area contributed by atoms with Crippen LogP contribution in [0, 0.1) is 21.7 Å². The van der Waals surface area contributed by atoms with Gasteiger partial charge in [0.1, 0.15) is 5.69 Å². The number of nitro benzene ring substituents is 1. The molecule has 1 heterocycles. The fraction of sp³-hybridized carbons (Fsp3) is 0.294. The van der Waals surface area contributed by atoms with Crippen LogP contribution >= 0.6 is 0 Å². The molecule has 0 spiro atoms. The molecule has 1 aliphatic heterocycles. The van der Waals surface area contributed by atoms with Crippen LogP contribution in [0.1, 0.15) is 5.56 Å². The Labute approximate surface area is 138 Å². The number of hydrogen-bond acceptors (Lipinski definition) is 4. The summed E-state index contributed by atoms with van der Waals surface area (Å²) in [5, 5.41) is 11.1. The summed E-state index contributed by atoms with van der Waals surface area (Å²) in [6, 6.07) is 10.6. The molecule has 2 aromatic carbocycles. The first-order valence-electron chi connectivity index (χ1n) is 7.69. The Balaban J connectivity index is 1.64.